The van der Waals surface area contributed by atoms with Gasteiger partial charge < -0.3 is 10.1 Å². The summed E-state index contributed by atoms with van der Waals surface area (Å²) in [5.41, 5.74) is 1.61. The van der Waals surface area contributed by atoms with E-state index in [2.05, 4.69) is 27.2 Å². The van der Waals surface area contributed by atoms with Gasteiger partial charge in [-0.1, -0.05) is 6.92 Å². The van der Waals surface area contributed by atoms with Gasteiger partial charge in [0.25, 0.3) is 0 Å². The standard InChI is InChI=1S/C14H15N3O3/c1-7-5-9(7)13(18)15-8-3-4-11-10(6-8)12(17-16-11)14(19)20-2/h3-4,6-7,9H,5H2,1-2H3,(H,15,18)(H,16,17). The van der Waals surface area contributed by atoms with Gasteiger partial charge in [0.15, 0.2) is 5.69 Å². The maximum atomic E-state index is 11.9. The summed E-state index contributed by atoms with van der Waals surface area (Å²) in [4.78, 5) is 23.5. The van der Waals surface area contributed by atoms with E-state index in [0.717, 1.165) is 11.9 Å². The Bertz CT molecular complexity index is 692. The first-order valence-electron chi connectivity index (χ1n) is 6.47. The molecule has 0 aliphatic heterocycles. The molecule has 104 valence electrons. The second-order valence-corrected chi connectivity index (χ2v) is 5.13. The number of ether oxygens (including phenoxy) is 1. The summed E-state index contributed by atoms with van der Waals surface area (Å²) in [5.74, 6) is 0.0870. The first kappa shape index (κ1) is 12.7. The number of aromatic amines is 1. The molecule has 0 radical (unpaired) electrons. The van der Waals surface area contributed by atoms with Crippen molar-refractivity contribution in [1.82, 2.24) is 10.2 Å². The minimum absolute atomic E-state index is 0.0277. The number of nitrogens with one attached hydrogen (secondary N) is 2. The first-order chi connectivity index (χ1) is 9.60. The van der Waals surface area contributed by atoms with E-state index in [-0.39, 0.29) is 17.5 Å². The number of methoxy groups -OCH3 is 1. The molecule has 0 saturated heterocycles. The molecule has 2 unspecified atom stereocenters. The number of H-pyrrole nitrogens is 1. The van der Waals surface area contributed by atoms with E-state index >= 15 is 0 Å². The van der Waals surface area contributed by atoms with Gasteiger partial charge in [0.1, 0.15) is 0 Å². The van der Waals surface area contributed by atoms with Crippen LogP contribution in [0.5, 0.6) is 0 Å². The predicted octanol–water partition coefficient (Wildman–Crippen LogP) is 1.94. The van der Waals surface area contributed by atoms with Crippen molar-refractivity contribution in [2.24, 2.45) is 11.8 Å². The van der Waals surface area contributed by atoms with Crippen molar-refractivity contribution < 1.29 is 14.3 Å². The molecular formula is C14H15N3O3. The number of hydrogen-bond acceptors (Lipinski definition) is 4. The first-order valence-corrected chi connectivity index (χ1v) is 6.47. The third-order valence-electron chi connectivity index (χ3n) is 3.66. The Morgan fingerprint density at radius 1 is 1.45 bits per heavy atom. The topological polar surface area (TPSA) is 84.1 Å². The number of carbonyl (C=O) groups is 2. The minimum Gasteiger partial charge on any atom is -0.464 e. The quantitative estimate of drug-likeness (QED) is 0.837. The van der Waals surface area contributed by atoms with Crippen molar-refractivity contribution in [3.8, 4) is 0 Å². The van der Waals surface area contributed by atoms with Crippen molar-refractivity contribution in [3.05, 3.63) is 23.9 Å². The van der Waals surface area contributed by atoms with Gasteiger partial charge >= 0.3 is 5.97 Å². The van der Waals surface area contributed by atoms with Gasteiger partial charge in [-0.3, -0.25) is 9.89 Å². The summed E-state index contributed by atoms with van der Waals surface area (Å²) < 4.78 is 4.68. The molecule has 2 aromatic rings. The molecule has 6 nitrogen and oxygen atoms in total. The monoisotopic (exact) mass is 273 g/mol. The predicted molar refractivity (Wildman–Crippen MR) is 73.3 cm³/mol. The molecule has 1 aliphatic carbocycles. The number of esters is 1. The minimum atomic E-state index is -0.504. The highest BCUT2D eigenvalue weighted by Crippen LogP contribution is 2.38. The average Bonchev–Trinajstić information content (AvgIpc) is 3.03. The van der Waals surface area contributed by atoms with E-state index in [1.54, 1.807) is 18.2 Å². The fourth-order valence-electron chi connectivity index (χ4n) is 2.27. The summed E-state index contributed by atoms with van der Waals surface area (Å²) in [5, 5.41) is 10.2. The van der Waals surface area contributed by atoms with Gasteiger partial charge in [0.05, 0.1) is 12.6 Å². The zero-order valence-electron chi connectivity index (χ0n) is 11.3. The lowest BCUT2D eigenvalue weighted by atomic mass is 10.2. The number of anilines is 1. The molecule has 1 heterocycles. The summed E-state index contributed by atoms with van der Waals surface area (Å²) >= 11 is 0. The number of fused-ring (bicyclic) bond motifs is 1. The second-order valence-electron chi connectivity index (χ2n) is 5.13. The van der Waals surface area contributed by atoms with Crippen molar-refractivity contribution in [3.63, 3.8) is 0 Å². The molecule has 1 saturated carbocycles. The van der Waals surface area contributed by atoms with Gasteiger partial charge in [-0.15, -0.1) is 0 Å². The van der Waals surface area contributed by atoms with Crippen LogP contribution in [-0.4, -0.2) is 29.2 Å². The highest BCUT2D eigenvalue weighted by atomic mass is 16.5. The Kier molecular flexibility index (Phi) is 2.93. The fraction of sp³-hybridized carbons (Fsp3) is 0.357. The van der Waals surface area contributed by atoms with Crippen LogP contribution in [0.3, 0.4) is 0 Å². The zero-order valence-corrected chi connectivity index (χ0v) is 11.3. The number of hydrogen-bond donors (Lipinski definition) is 2. The van der Waals surface area contributed by atoms with Crippen LogP contribution in [0.25, 0.3) is 10.9 Å². The highest BCUT2D eigenvalue weighted by Gasteiger charge is 2.39. The van der Waals surface area contributed by atoms with Crippen LogP contribution < -0.4 is 5.32 Å². The largest absolute Gasteiger partial charge is 0.464 e. The molecule has 1 fully saturated rings. The Balaban J connectivity index is 1.89. The Morgan fingerprint density at radius 2 is 2.20 bits per heavy atom. The summed E-state index contributed by atoms with van der Waals surface area (Å²) in [6, 6.07) is 5.29. The van der Waals surface area contributed by atoms with Crippen molar-refractivity contribution in [2.75, 3.05) is 12.4 Å². The van der Waals surface area contributed by atoms with Gasteiger partial charge in [0, 0.05) is 17.0 Å². The number of rotatable bonds is 3. The van der Waals surface area contributed by atoms with E-state index in [4.69, 9.17) is 0 Å². The number of amides is 1. The van der Waals surface area contributed by atoms with Crippen LogP contribution in [0.15, 0.2) is 18.2 Å². The third kappa shape index (κ3) is 2.13. The van der Waals surface area contributed by atoms with E-state index in [1.165, 1.54) is 7.11 Å². The molecule has 6 heteroatoms. The molecule has 1 aliphatic rings. The normalized spacial score (nSPS) is 20.7. The summed E-state index contributed by atoms with van der Waals surface area (Å²) in [7, 11) is 1.31. The molecule has 0 spiro atoms. The summed E-state index contributed by atoms with van der Waals surface area (Å²) in [6.45, 7) is 2.05. The van der Waals surface area contributed by atoms with Crippen LogP contribution in [-0.2, 0) is 9.53 Å². The number of benzene rings is 1. The molecule has 1 amide bonds. The Morgan fingerprint density at radius 3 is 2.85 bits per heavy atom. The lowest BCUT2D eigenvalue weighted by Gasteiger charge is -2.04. The third-order valence-corrected chi connectivity index (χ3v) is 3.66. The van der Waals surface area contributed by atoms with E-state index in [1.807, 2.05) is 0 Å². The van der Waals surface area contributed by atoms with Gasteiger partial charge in [-0.05, 0) is 30.5 Å². The van der Waals surface area contributed by atoms with Crippen LogP contribution in [0.2, 0.25) is 0 Å². The SMILES string of the molecule is COC(=O)c1n[nH]c2ccc(NC(=O)C3CC3C)cc12. The Hall–Kier alpha value is -2.37. The molecule has 20 heavy (non-hydrogen) atoms. The van der Waals surface area contributed by atoms with Crippen LogP contribution in [0.1, 0.15) is 23.8 Å². The fourth-order valence-corrected chi connectivity index (χ4v) is 2.27. The number of aromatic nitrogens is 2. The van der Waals surface area contributed by atoms with Gasteiger partial charge in [-0.25, -0.2) is 4.79 Å². The van der Waals surface area contributed by atoms with Crippen molar-refractivity contribution in [2.45, 2.75) is 13.3 Å². The number of carbonyl (C=O) groups excluding carboxylic acids is 2. The van der Waals surface area contributed by atoms with Crippen LogP contribution in [0.4, 0.5) is 5.69 Å². The molecular weight excluding hydrogens is 258 g/mol. The van der Waals surface area contributed by atoms with Crippen LogP contribution in [0, 0.1) is 11.8 Å². The number of nitrogens with zero attached hydrogens (tertiary/aromatic N) is 1. The molecule has 3 rings (SSSR count). The lowest BCUT2D eigenvalue weighted by Crippen LogP contribution is -2.14. The van der Waals surface area contributed by atoms with Crippen molar-refractivity contribution in [1.29, 1.82) is 0 Å². The zero-order chi connectivity index (χ0) is 14.3. The Labute approximate surface area is 115 Å². The van der Waals surface area contributed by atoms with E-state index < -0.39 is 5.97 Å². The smallest absolute Gasteiger partial charge is 0.359 e. The molecule has 1 aromatic carbocycles. The summed E-state index contributed by atoms with van der Waals surface area (Å²) in [6.07, 6.45) is 0.938. The molecule has 2 atom stereocenters. The average molecular weight is 273 g/mol. The maximum Gasteiger partial charge on any atom is 0.359 e. The highest BCUT2D eigenvalue weighted by molar-refractivity contribution is 6.04. The second kappa shape index (κ2) is 4.63. The molecule has 2 N–H and O–H groups in total. The van der Waals surface area contributed by atoms with E-state index in [9.17, 15) is 9.59 Å². The van der Waals surface area contributed by atoms with Crippen molar-refractivity contribution >= 4 is 28.5 Å². The van der Waals surface area contributed by atoms with E-state index in [0.29, 0.717) is 17.0 Å². The maximum absolute atomic E-state index is 11.9. The molecule has 0 bridgehead atoms. The van der Waals surface area contributed by atoms with Gasteiger partial charge in [-0.2, -0.15) is 5.10 Å². The molecule has 1 aromatic heterocycles. The lowest BCUT2D eigenvalue weighted by molar-refractivity contribution is -0.117. The van der Waals surface area contributed by atoms with Gasteiger partial charge in [0.2, 0.25) is 5.91 Å². The van der Waals surface area contributed by atoms with Crippen LogP contribution >= 0.6 is 0 Å².